The van der Waals surface area contributed by atoms with E-state index in [1.807, 2.05) is 24.3 Å². The first-order chi connectivity index (χ1) is 10.2. The summed E-state index contributed by atoms with van der Waals surface area (Å²) in [6.07, 6.45) is 5.77. The van der Waals surface area contributed by atoms with Gasteiger partial charge in [0.25, 0.3) is 0 Å². The topological polar surface area (TPSA) is 45.2 Å². The van der Waals surface area contributed by atoms with E-state index in [1.165, 1.54) is 12.8 Å². The number of amides is 2. The zero-order valence-corrected chi connectivity index (χ0v) is 12.3. The van der Waals surface area contributed by atoms with Crippen LogP contribution in [0, 0.1) is 5.92 Å². The van der Waals surface area contributed by atoms with Crippen LogP contribution in [-0.4, -0.2) is 17.6 Å². The molecular formula is C16H16ClN3O. The lowest BCUT2D eigenvalue weighted by Gasteiger charge is -2.22. The van der Waals surface area contributed by atoms with Crippen molar-refractivity contribution in [1.29, 1.82) is 0 Å². The Kier molecular flexibility index (Phi) is 4.06. The molecule has 108 valence electrons. The minimum atomic E-state index is -0.155. The van der Waals surface area contributed by atoms with Crippen molar-refractivity contribution in [3.05, 3.63) is 53.8 Å². The lowest BCUT2D eigenvalue weighted by Crippen LogP contribution is -2.36. The van der Waals surface area contributed by atoms with Crippen molar-refractivity contribution >= 4 is 29.0 Å². The number of benzene rings is 1. The number of pyridine rings is 1. The zero-order chi connectivity index (χ0) is 14.7. The smallest absolute Gasteiger partial charge is 0.307 e. The van der Waals surface area contributed by atoms with E-state index in [0.717, 1.165) is 12.2 Å². The molecule has 2 amide bonds. The summed E-state index contributed by atoms with van der Waals surface area (Å²) in [6.45, 7) is 0.720. The Labute approximate surface area is 128 Å². The van der Waals surface area contributed by atoms with Gasteiger partial charge in [-0.3, -0.25) is 9.88 Å². The molecule has 1 heterocycles. The number of carbonyl (C=O) groups is 1. The van der Waals surface area contributed by atoms with Crippen molar-refractivity contribution in [1.82, 2.24) is 4.98 Å². The predicted octanol–water partition coefficient (Wildman–Crippen LogP) is 4.18. The first-order valence-electron chi connectivity index (χ1n) is 6.96. The Morgan fingerprint density at radius 2 is 2.19 bits per heavy atom. The molecule has 1 aromatic carbocycles. The van der Waals surface area contributed by atoms with Gasteiger partial charge in [0, 0.05) is 23.5 Å². The van der Waals surface area contributed by atoms with Gasteiger partial charge in [-0.15, -0.1) is 0 Å². The Balaban J connectivity index is 1.77. The molecule has 4 nitrogen and oxygen atoms in total. The van der Waals surface area contributed by atoms with Gasteiger partial charge in [-0.2, -0.15) is 0 Å². The van der Waals surface area contributed by atoms with Crippen molar-refractivity contribution in [3.63, 3.8) is 0 Å². The second-order valence-electron chi connectivity index (χ2n) is 5.21. The van der Waals surface area contributed by atoms with Crippen LogP contribution in [0.3, 0.4) is 0 Å². The quantitative estimate of drug-likeness (QED) is 0.920. The van der Waals surface area contributed by atoms with Crippen LogP contribution >= 0.6 is 11.6 Å². The van der Waals surface area contributed by atoms with Crippen LogP contribution in [0.15, 0.2) is 48.8 Å². The van der Waals surface area contributed by atoms with Crippen LogP contribution in [0.5, 0.6) is 0 Å². The van der Waals surface area contributed by atoms with Crippen molar-refractivity contribution in [3.8, 4) is 0 Å². The van der Waals surface area contributed by atoms with Gasteiger partial charge in [0.05, 0.1) is 11.9 Å². The van der Waals surface area contributed by atoms with Crippen LogP contribution in [0.4, 0.5) is 16.2 Å². The van der Waals surface area contributed by atoms with E-state index in [-0.39, 0.29) is 6.03 Å². The highest BCUT2D eigenvalue weighted by Crippen LogP contribution is 2.31. The van der Waals surface area contributed by atoms with E-state index in [4.69, 9.17) is 11.6 Å². The van der Waals surface area contributed by atoms with E-state index in [2.05, 4.69) is 10.3 Å². The summed E-state index contributed by atoms with van der Waals surface area (Å²) in [7, 11) is 0. The van der Waals surface area contributed by atoms with Crippen molar-refractivity contribution in [2.45, 2.75) is 12.8 Å². The maximum absolute atomic E-state index is 12.5. The summed E-state index contributed by atoms with van der Waals surface area (Å²) < 4.78 is 0. The largest absolute Gasteiger partial charge is 0.326 e. The number of halogens is 1. The molecule has 21 heavy (non-hydrogen) atoms. The van der Waals surface area contributed by atoms with Crippen molar-refractivity contribution in [2.75, 3.05) is 16.8 Å². The van der Waals surface area contributed by atoms with Gasteiger partial charge in [-0.1, -0.05) is 17.7 Å². The first kappa shape index (κ1) is 13.9. The van der Waals surface area contributed by atoms with Gasteiger partial charge in [-0.25, -0.2) is 4.79 Å². The van der Waals surface area contributed by atoms with Crippen LogP contribution in [0.1, 0.15) is 12.8 Å². The molecule has 0 saturated heterocycles. The molecule has 0 bridgehead atoms. The number of hydrogen-bond donors (Lipinski definition) is 1. The molecule has 0 aliphatic heterocycles. The van der Waals surface area contributed by atoms with Gasteiger partial charge >= 0.3 is 6.03 Å². The number of aromatic nitrogens is 1. The third kappa shape index (κ3) is 3.73. The molecule has 0 atom stereocenters. The maximum atomic E-state index is 12.5. The standard InChI is InChI=1S/C16H16ClN3O/c17-13-3-1-4-14(9-13)19-16(21)20(11-12-6-7-12)15-5-2-8-18-10-15/h1-5,8-10,12H,6-7,11H2,(H,19,21). The van der Waals surface area contributed by atoms with Crippen LogP contribution < -0.4 is 10.2 Å². The third-order valence-corrected chi connectivity index (χ3v) is 3.65. The predicted molar refractivity (Wildman–Crippen MR) is 84.8 cm³/mol. The second kappa shape index (κ2) is 6.14. The van der Waals surface area contributed by atoms with Gasteiger partial charge in [0.2, 0.25) is 0 Å². The number of urea groups is 1. The fourth-order valence-corrected chi connectivity index (χ4v) is 2.33. The number of nitrogens with one attached hydrogen (secondary N) is 1. The molecule has 1 aliphatic carbocycles. The van der Waals surface area contributed by atoms with E-state index in [9.17, 15) is 4.79 Å². The Morgan fingerprint density at radius 1 is 1.33 bits per heavy atom. The Morgan fingerprint density at radius 3 is 2.86 bits per heavy atom. The summed E-state index contributed by atoms with van der Waals surface area (Å²) in [4.78, 5) is 18.4. The molecule has 0 spiro atoms. The number of carbonyl (C=O) groups excluding carboxylic acids is 1. The monoisotopic (exact) mass is 301 g/mol. The maximum Gasteiger partial charge on any atom is 0.326 e. The van der Waals surface area contributed by atoms with E-state index in [1.54, 1.807) is 29.4 Å². The average molecular weight is 302 g/mol. The van der Waals surface area contributed by atoms with Gasteiger partial charge in [0.1, 0.15) is 0 Å². The number of anilines is 2. The molecule has 1 aliphatic rings. The molecule has 1 saturated carbocycles. The van der Waals surface area contributed by atoms with Gasteiger partial charge in [-0.05, 0) is 49.1 Å². The summed E-state index contributed by atoms with van der Waals surface area (Å²) >= 11 is 5.94. The van der Waals surface area contributed by atoms with Crippen molar-refractivity contribution in [2.24, 2.45) is 5.92 Å². The summed E-state index contributed by atoms with van der Waals surface area (Å²) in [6, 6.07) is 10.7. The highest BCUT2D eigenvalue weighted by molar-refractivity contribution is 6.30. The normalized spacial score (nSPS) is 13.8. The third-order valence-electron chi connectivity index (χ3n) is 3.42. The lowest BCUT2D eigenvalue weighted by atomic mass is 10.3. The SMILES string of the molecule is O=C(Nc1cccc(Cl)c1)N(CC1CC1)c1cccnc1. The van der Waals surface area contributed by atoms with Gasteiger partial charge < -0.3 is 5.32 Å². The summed E-state index contributed by atoms with van der Waals surface area (Å²) in [5.41, 5.74) is 1.50. The van der Waals surface area contributed by atoms with E-state index < -0.39 is 0 Å². The van der Waals surface area contributed by atoms with Crippen LogP contribution in [-0.2, 0) is 0 Å². The number of nitrogens with zero attached hydrogens (tertiary/aromatic N) is 2. The molecular weight excluding hydrogens is 286 g/mol. The fourth-order valence-electron chi connectivity index (χ4n) is 2.13. The molecule has 2 aromatic rings. The molecule has 1 aromatic heterocycles. The summed E-state index contributed by atoms with van der Waals surface area (Å²) in [5.74, 6) is 0.593. The molecule has 0 radical (unpaired) electrons. The fraction of sp³-hybridized carbons (Fsp3) is 0.250. The van der Waals surface area contributed by atoms with Crippen LogP contribution in [0.2, 0.25) is 5.02 Å². The van der Waals surface area contributed by atoms with Crippen molar-refractivity contribution < 1.29 is 4.79 Å². The zero-order valence-electron chi connectivity index (χ0n) is 11.5. The van der Waals surface area contributed by atoms with E-state index in [0.29, 0.717) is 16.6 Å². The van der Waals surface area contributed by atoms with Gasteiger partial charge in [0.15, 0.2) is 0 Å². The Hall–Kier alpha value is -2.07. The minimum Gasteiger partial charge on any atom is -0.307 e. The summed E-state index contributed by atoms with van der Waals surface area (Å²) in [5, 5.41) is 3.49. The molecule has 1 fully saturated rings. The minimum absolute atomic E-state index is 0.155. The molecule has 3 rings (SSSR count). The highest BCUT2D eigenvalue weighted by Gasteiger charge is 2.27. The number of hydrogen-bond acceptors (Lipinski definition) is 2. The molecule has 0 unspecified atom stereocenters. The molecule has 5 heteroatoms. The second-order valence-corrected chi connectivity index (χ2v) is 5.64. The first-order valence-corrected chi connectivity index (χ1v) is 7.34. The lowest BCUT2D eigenvalue weighted by molar-refractivity contribution is 0.256. The van der Waals surface area contributed by atoms with Crippen LogP contribution in [0.25, 0.3) is 0 Å². The Bertz CT molecular complexity index is 628. The number of rotatable bonds is 4. The average Bonchev–Trinajstić information content (AvgIpc) is 3.29. The van der Waals surface area contributed by atoms with E-state index >= 15 is 0 Å². The highest BCUT2D eigenvalue weighted by atomic mass is 35.5. The molecule has 1 N–H and O–H groups in total.